The second-order valence-corrected chi connectivity index (χ2v) is 6.98. The van der Waals surface area contributed by atoms with Crippen molar-refractivity contribution in [3.63, 3.8) is 0 Å². The van der Waals surface area contributed by atoms with Crippen LogP contribution in [0.1, 0.15) is 26.2 Å². The normalized spacial score (nSPS) is 22.2. The smallest absolute Gasteiger partial charge is 0.244 e. The van der Waals surface area contributed by atoms with Crippen LogP contribution in [0.3, 0.4) is 0 Å². The van der Waals surface area contributed by atoms with Crippen LogP contribution >= 0.6 is 0 Å². The molecule has 0 radical (unpaired) electrons. The second kappa shape index (κ2) is 6.13. The van der Waals surface area contributed by atoms with Gasteiger partial charge >= 0.3 is 0 Å². The fourth-order valence-corrected chi connectivity index (χ4v) is 3.50. The van der Waals surface area contributed by atoms with Gasteiger partial charge in [0.1, 0.15) is 4.90 Å². The highest BCUT2D eigenvalue weighted by atomic mass is 32.2. The number of amides is 1. The Morgan fingerprint density at radius 2 is 2.10 bits per heavy atom. The standard InChI is InChI=1S/C14H21N3O3S/c1-3-14(9-6-10-16-14)13(18)17-11-7-4-5-8-12(11)21(19,20)15-2/h4-5,7-8,15-16H,3,6,9-10H2,1-2H3,(H,17,18). The van der Waals surface area contributed by atoms with Crippen molar-refractivity contribution in [2.24, 2.45) is 0 Å². The van der Waals surface area contributed by atoms with Gasteiger partial charge in [-0.1, -0.05) is 19.1 Å². The molecule has 1 aromatic rings. The summed E-state index contributed by atoms with van der Waals surface area (Å²) in [6.07, 6.45) is 2.37. The molecule has 1 amide bonds. The van der Waals surface area contributed by atoms with Crippen LogP contribution in [0.2, 0.25) is 0 Å². The zero-order chi connectivity index (χ0) is 15.5. The monoisotopic (exact) mass is 311 g/mol. The summed E-state index contributed by atoms with van der Waals surface area (Å²) in [7, 11) is -2.26. The largest absolute Gasteiger partial charge is 0.323 e. The lowest BCUT2D eigenvalue weighted by atomic mass is 9.93. The van der Waals surface area contributed by atoms with Gasteiger partial charge in [-0.25, -0.2) is 13.1 Å². The highest BCUT2D eigenvalue weighted by Gasteiger charge is 2.39. The number of carbonyl (C=O) groups excluding carboxylic acids is 1. The minimum Gasteiger partial charge on any atom is -0.323 e. The summed E-state index contributed by atoms with van der Waals surface area (Å²) < 4.78 is 26.3. The highest BCUT2D eigenvalue weighted by molar-refractivity contribution is 7.89. The number of benzene rings is 1. The van der Waals surface area contributed by atoms with E-state index in [1.807, 2.05) is 6.92 Å². The third kappa shape index (κ3) is 3.09. The molecule has 1 aromatic carbocycles. The summed E-state index contributed by atoms with van der Waals surface area (Å²) >= 11 is 0. The molecule has 7 heteroatoms. The first-order valence-electron chi connectivity index (χ1n) is 7.04. The Labute approximate surface area is 125 Å². The van der Waals surface area contributed by atoms with Crippen molar-refractivity contribution in [2.75, 3.05) is 18.9 Å². The predicted molar refractivity (Wildman–Crippen MR) is 81.6 cm³/mol. The van der Waals surface area contributed by atoms with Crippen molar-refractivity contribution < 1.29 is 13.2 Å². The van der Waals surface area contributed by atoms with E-state index in [2.05, 4.69) is 15.4 Å². The maximum Gasteiger partial charge on any atom is 0.244 e. The maximum absolute atomic E-state index is 12.5. The number of rotatable bonds is 5. The van der Waals surface area contributed by atoms with Crippen molar-refractivity contribution in [3.05, 3.63) is 24.3 Å². The fraction of sp³-hybridized carbons (Fsp3) is 0.500. The van der Waals surface area contributed by atoms with E-state index in [1.165, 1.54) is 13.1 Å². The Balaban J connectivity index is 2.30. The van der Waals surface area contributed by atoms with Gasteiger partial charge in [-0.3, -0.25) is 4.79 Å². The molecule has 21 heavy (non-hydrogen) atoms. The quantitative estimate of drug-likeness (QED) is 0.759. The van der Waals surface area contributed by atoms with Gasteiger partial charge in [-0.15, -0.1) is 0 Å². The Hall–Kier alpha value is -1.44. The molecule has 2 rings (SSSR count). The van der Waals surface area contributed by atoms with Crippen molar-refractivity contribution in [3.8, 4) is 0 Å². The molecule has 1 aliphatic heterocycles. The average molecular weight is 311 g/mol. The molecule has 0 aromatic heterocycles. The van der Waals surface area contributed by atoms with Gasteiger partial charge in [-0.05, 0) is 45.0 Å². The second-order valence-electron chi connectivity index (χ2n) is 5.12. The van der Waals surface area contributed by atoms with Crippen LogP contribution in [0.25, 0.3) is 0 Å². The molecule has 0 spiro atoms. The molecule has 0 saturated carbocycles. The molecule has 6 nitrogen and oxygen atoms in total. The van der Waals surface area contributed by atoms with Gasteiger partial charge in [0.2, 0.25) is 15.9 Å². The molecule has 116 valence electrons. The summed E-state index contributed by atoms with van der Waals surface area (Å²) in [6.45, 7) is 2.76. The first-order chi connectivity index (χ1) is 9.95. The maximum atomic E-state index is 12.5. The number of hydrogen-bond donors (Lipinski definition) is 3. The number of hydrogen-bond acceptors (Lipinski definition) is 4. The molecule has 1 atom stereocenters. The van der Waals surface area contributed by atoms with Crippen LogP contribution in [0, 0.1) is 0 Å². The van der Waals surface area contributed by atoms with E-state index in [-0.39, 0.29) is 10.8 Å². The number of nitrogens with one attached hydrogen (secondary N) is 3. The Morgan fingerprint density at radius 1 is 1.38 bits per heavy atom. The topological polar surface area (TPSA) is 87.3 Å². The minimum absolute atomic E-state index is 0.0742. The first-order valence-corrected chi connectivity index (χ1v) is 8.52. The lowest BCUT2D eigenvalue weighted by Gasteiger charge is -2.27. The van der Waals surface area contributed by atoms with Gasteiger partial charge in [0.25, 0.3) is 0 Å². The summed E-state index contributed by atoms with van der Waals surface area (Å²) in [4.78, 5) is 12.6. The van der Waals surface area contributed by atoms with E-state index in [0.717, 1.165) is 19.4 Å². The van der Waals surface area contributed by atoms with Crippen LogP contribution in [0.15, 0.2) is 29.2 Å². The predicted octanol–water partition coefficient (Wildman–Crippen LogP) is 1.07. The van der Waals surface area contributed by atoms with Crippen molar-refractivity contribution >= 4 is 21.6 Å². The lowest BCUT2D eigenvalue weighted by Crippen LogP contribution is -2.50. The summed E-state index contributed by atoms with van der Waals surface area (Å²) in [5, 5.41) is 6.00. The van der Waals surface area contributed by atoms with Gasteiger partial charge in [-0.2, -0.15) is 0 Å². The van der Waals surface area contributed by atoms with Gasteiger partial charge in [0, 0.05) is 0 Å². The number of carbonyl (C=O) groups is 1. The Morgan fingerprint density at radius 3 is 2.67 bits per heavy atom. The van der Waals surface area contributed by atoms with Gasteiger partial charge in [0.05, 0.1) is 11.2 Å². The zero-order valence-electron chi connectivity index (χ0n) is 12.3. The van der Waals surface area contributed by atoms with Crippen LogP contribution in [0.4, 0.5) is 5.69 Å². The zero-order valence-corrected chi connectivity index (χ0v) is 13.1. The third-order valence-electron chi connectivity index (χ3n) is 3.98. The van der Waals surface area contributed by atoms with Crippen LogP contribution in [-0.2, 0) is 14.8 Å². The van der Waals surface area contributed by atoms with Crippen LogP contribution in [-0.4, -0.2) is 33.5 Å². The number of para-hydroxylation sites is 1. The average Bonchev–Trinajstić information content (AvgIpc) is 2.98. The van der Waals surface area contributed by atoms with E-state index in [9.17, 15) is 13.2 Å². The first kappa shape index (κ1) is 15.9. The lowest BCUT2D eigenvalue weighted by molar-refractivity contribution is -0.122. The van der Waals surface area contributed by atoms with E-state index in [0.29, 0.717) is 12.1 Å². The molecule has 3 N–H and O–H groups in total. The molecular weight excluding hydrogens is 290 g/mol. The van der Waals surface area contributed by atoms with Crippen LogP contribution in [0.5, 0.6) is 0 Å². The van der Waals surface area contributed by atoms with Crippen LogP contribution < -0.4 is 15.4 Å². The molecule has 1 aliphatic rings. The van der Waals surface area contributed by atoms with E-state index < -0.39 is 15.6 Å². The van der Waals surface area contributed by atoms with Gasteiger partial charge in [0.15, 0.2) is 0 Å². The van der Waals surface area contributed by atoms with Crippen molar-refractivity contribution in [2.45, 2.75) is 36.6 Å². The number of sulfonamides is 1. The summed E-state index contributed by atoms with van der Waals surface area (Å²) in [6, 6.07) is 6.40. The van der Waals surface area contributed by atoms with E-state index in [1.54, 1.807) is 18.2 Å². The fourth-order valence-electron chi connectivity index (χ4n) is 2.62. The van der Waals surface area contributed by atoms with E-state index >= 15 is 0 Å². The molecule has 1 heterocycles. The van der Waals surface area contributed by atoms with Crippen molar-refractivity contribution in [1.82, 2.24) is 10.0 Å². The minimum atomic E-state index is -3.61. The third-order valence-corrected chi connectivity index (χ3v) is 5.45. The Kier molecular flexibility index (Phi) is 4.65. The molecule has 0 bridgehead atoms. The van der Waals surface area contributed by atoms with Crippen molar-refractivity contribution in [1.29, 1.82) is 0 Å². The molecule has 1 unspecified atom stereocenters. The van der Waals surface area contributed by atoms with Gasteiger partial charge < -0.3 is 10.6 Å². The molecule has 1 fully saturated rings. The molecule has 1 saturated heterocycles. The summed E-state index contributed by atoms with van der Waals surface area (Å²) in [5.74, 6) is -0.179. The summed E-state index contributed by atoms with van der Waals surface area (Å²) in [5.41, 5.74) is -0.297. The molecule has 0 aliphatic carbocycles. The molecular formula is C14H21N3O3S. The Bertz CT molecular complexity index is 622. The van der Waals surface area contributed by atoms with E-state index in [4.69, 9.17) is 0 Å². The SMILES string of the molecule is CCC1(C(=O)Nc2ccccc2S(=O)(=O)NC)CCCN1. The highest BCUT2D eigenvalue weighted by Crippen LogP contribution is 2.27. The number of anilines is 1.